The van der Waals surface area contributed by atoms with Crippen LogP contribution in [0, 0.1) is 0 Å². The van der Waals surface area contributed by atoms with Crippen molar-refractivity contribution in [2.24, 2.45) is 0 Å². The molecule has 1 aromatic heterocycles. The number of nitrogens with zero attached hydrogens (tertiary/aromatic N) is 1. The Hall–Kier alpha value is -1.88. The zero-order valence-corrected chi connectivity index (χ0v) is 12.9. The minimum absolute atomic E-state index is 0.307. The van der Waals surface area contributed by atoms with Crippen molar-refractivity contribution in [1.82, 2.24) is 4.98 Å². The number of carbonyl (C=O) groups is 1. The second kappa shape index (κ2) is 11.0. The Bertz CT molecular complexity index is 479. The van der Waals surface area contributed by atoms with Crippen molar-refractivity contribution in [2.45, 2.75) is 33.6 Å². The number of aromatic nitrogens is 1. The average Bonchev–Trinajstić information content (AvgIpc) is 2.86. The summed E-state index contributed by atoms with van der Waals surface area (Å²) in [5.74, 6) is -0.833. The summed E-state index contributed by atoms with van der Waals surface area (Å²) in [5.41, 5.74) is 1.41. The third kappa shape index (κ3) is 10.1. The maximum absolute atomic E-state index is 9.00. The lowest BCUT2D eigenvalue weighted by Gasteiger charge is -1.89. The van der Waals surface area contributed by atoms with Gasteiger partial charge in [-0.25, -0.2) is 4.98 Å². The first-order valence-corrected chi connectivity index (χ1v) is 7.18. The minimum atomic E-state index is -0.833. The number of aryl methyl sites for hydroxylation is 2. The number of benzene rings is 1. The number of aromatic hydroxyl groups is 1. The fraction of sp³-hybridized carbons (Fsp3) is 0.333. The van der Waals surface area contributed by atoms with Crippen molar-refractivity contribution in [2.75, 3.05) is 0 Å². The normalized spacial score (nSPS) is 8.75. The Balaban J connectivity index is 0.000000289. The molecule has 1 aromatic carbocycles. The summed E-state index contributed by atoms with van der Waals surface area (Å²) in [5, 5.41) is 17.5. The van der Waals surface area contributed by atoms with E-state index in [9.17, 15) is 0 Å². The monoisotopic (exact) mass is 295 g/mol. The minimum Gasteiger partial charge on any atom is -0.498 e. The van der Waals surface area contributed by atoms with Crippen molar-refractivity contribution in [3.63, 3.8) is 0 Å². The lowest BCUT2D eigenvalue weighted by atomic mass is 10.2. The molecular formula is C15H21NO3S. The topological polar surface area (TPSA) is 70.4 Å². The Morgan fingerprint density at radius 2 is 1.75 bits per heavy atom. The first-order chi connectivity index (χ1) is 9.49. The fourth-order valence-electron chi connectivity index (χ4n) is 1.18. The third-order valence-electron chi connectivity index (χ3n) is 2.09. The highest BCUT2D eigenvalue weighted by Crippen LogP contribution is 2.18. The summed E-state index contributed by atoms with van der Waals surface area (Å²) in [6.07, 6.45) is 3.52. The molecule has 4 nitrogen and oxygen atoms in total. The van der Waals surface area contributed by atoms with Gasteiger partial charge in [-0.2, -0.15) is 0 Å². The fourth-order valence-corrected chi connectivity index (χ4v) is 1.77. The molecule has 0 aliphatic heterocycles. The zero-order chi connectivity index (χ0) is 15.4. The summed E-state index contributed by atoms with van der Waals surface area (Å²) in [6, 6.07) is 10.5. The molecule has 0 bridgehead atoms. The molecule has 5 heteroatoms. The summed E-state index contributed by atoms with van der Waals surface area (Å²) >= 11 is 1.33. The predicted octanol–water partition coefficient (Wildman–Crippen LogP) is 3.75. The first kappa shape index (κ1) is 18.1. The molecular weight excluding hydrogens is 274 g/mol. The summed E-state index contributed by atoms with van der Waals surface area (Å²) in [7, 11) is 0. The van der Waals surface area contributed by atoms with E-state index in [0.29, 0.717) is 5.06 Å². The van der Waals surface area contributed by atoms with E-state index in [1.54, 1.807) is 0 Å². The van der Waals surface area contributed by atoms with Crippen LogP contribution in [0.3, 0.4) is 0 Å². The number of carboxylic acid groups (broad SMARTS) is 1. The maximum atomic E-state index is 9.00. The van der Waals surface area contributed by atoms with E-state index in [2.05, 4.69) is 36.2 Å². The van der Waals surface area contributed by atoms with Crippen LogP contribution in [-0.4, -0.2) is 21.2 Å². The van der Waals surface area contributed by atoms with Crippen molar-refractivity contribution < 1.29 is 15.0 Å². The van der Waals surface area contributed by atoms with Crippen LogP contribution >= 0.6 is 11.3 Å². The Morgan fingerprint density at radius 3 is 2.00 bits per heavy atom. The molecule has 2 aromatic rings. The van der Waals surface area contributed by atoms with Gasteiger partial charge < -0.3 is 10.2 Å². The smallest absolute Gasteiger partial charge is 0.300 e. The van der Waals surface area contributed by atoms with Gasteiger partial charge >= 0.3 is 0 Å². The van der Waals surface area contributed by atoms with Crippen LogP contribution in [0.2, 0.25) is 0 Å². The average molecular weight is 295 g/mol. The van der Waals surface area contributed by atoms with Crippen LogP contribution in [0.1, 0.15) is 31.3 Å². The number of hydrogen-bond acceptors (Lipinski definition) is 4. The van der Waals surface area contributed by atoms with E-state index in [4.69, 9.17) is 15.0 Å². The molecule has 0 amide bonds. The highest BCUT2D eigenvalue weighted by Gasteiger charge is 1.93. The van der Waals surface area contributed by atoms with Gasteiger partial charge in [0.2, 0.25) is 0 Å². The second-order valence-electron chi connectivity index (χ2n) is 3.80. The van der Waals surface area contributed by atoms with E-state index in [0.717, 1.165) is 24.8 Å². The lowest BCUT2D eigenvalue weighted by Crippen LogP contribution is -1.78. The molecule has 110 valence electrons. The molecule has 0 saturated heterocycles. The number of thiazole rings is 1. The highest BCUT2D eigenvalue weighted by atomic mass is 32.1. The molecule has 0 atom stereocenters. The predicted molar refractivity (Wildman–Crippen MR) is 82.3 cm³/mol. The quantitative estimate of drug-likeness (QED) is 0.885. The van der Waals surface area contributed by atoms with Gasteiger partial charge in [-0.05, 0) is 18.4 Å². The van der Waals surface area contributed by atoms with E-state index in [1.807, 2.05) is 13.0 Å². The molecule has 0 radical (unpaired) electrons. The van der Waals surface area contributed by atoms with Gasteiger partial charge in [0.25, 0.3) is 5.97 Å². The van der Waals surface area contributed by atoms with Crippen molar-refractivity contribution in [1.29, 1.82) is 0 Å². The van der Waals surface area contributed by atoms with E-state index in [1.165, 1.54) is 23.1 Å². The number of hydrogen-bond donors (Lipinski definition) is 2. The number of carboxylic acids is 1. The summed E-state index contributed by atoms with van der Waals surface area (Å²) in [6.45, 7) is 5.26. The Labute approximate surface area is 123 Å². The second-order valence-corrected chi connectivity index (χ2v) is 4.90. The summed E-state index contributed by atoms with van der Waals surface area (Å²) in [4.78, 5) is 12.9. The molecule has 20 heavy (non-hydrogen) atoms. The van der Waals surface area contributed by atoms with E-state index in [-0.39, 0.29) is 0 Å². The molecule has 1 heterocycles. The van der Waals surface area contributed by atoms with Gasteiger partial charge in [0.1, 0.15) is 0 Å². The van der Waals surface area contributed by atoms with Gasteiger partial charge in [0.05, 0.1) is 11.2 Å². The number of aliphatic carboxylic acids is 1. The van der Waals surface area contributed by atoms with Gasteiger partial charge in [0, 0.05) is 6.92 Å². The maximum Gasteiger partial charge on any atom is 0.300 e. The van der Waals surface area contributed by atoms with Gasteiger partial charge in [-0.1, -0.05) is 55.5 Å². The summed E-state index contributed by atoms with van der Waals surface area (Å²) < 4.78 is 0. The molecule has 0 spiro atoms. The van der Waals surface area contributed by atoms with Gasteiger partial charge in [-0.3, -0.25) is 4.79 Å². The molecule has 0 unspecified atom stereocenters. The SMILES string of the molecule is CC(=O)O.CCc1ccccc1.CCc1ncc(O)s1. The molecule has 0 aliphatic carbocycles. The first-order valence-electron chi connectivity index (χ1n) is 6.36. The van der Waals surface area contributed by atoms with Crippen LogP contribution in [0.5, 0.6) is 5.06 Å². The Morgan fingerprint density at radius 1 is 1.20 bits per heavy atom. The highest BCUT2D eigenvalue weighted by molar-refractivity contribution is 7.13. The van der Waals surface area contributed by atoms with Crippen LogP contribution < -0.4 is 0 Å². The van der Waals surface area contributed by atoms with Crippen LogP contribution in [-0.2, 0) is 17.6 Å². The molecule has 0 saturated carbocycles. The van der Waals surface area contributed by atoms with Crippen molar-refractivity contribution in [3.05, 3.63) is 47.1 Å². The van der Waals surface area contributed by atoms with Crippen LogP contribution in [0.15, 0.2) is 36.5 Å². The van der Waals surface area contributed by atoms with Crippen molar-refractivity contribution in [3.8, 4) is 5.06 Å². The lowest BCUT2D eigenvalue weighted by molar-refractivity contribution is -0.134. The molecule has 0 fully saturated rings. The standard InChI is InChI=1S/C8H10.C5H7NOS.C2H4O2/c1-2-8-6-4-3-5-7-8;1-2-4-6-3-5(7)8-4;1-2(3)4/h3-7H,2H2,1H3;3,7H,2H2,1H3;1H3,(H,3,4). The largest absolute Gasteiger partial charge is 0.498 e. The van der Waals surface area contributed by atoms with E-state index < -0.39 is 5.97 Å². The van der Waals surface area contributed by atoms with Crippen molar-refractivity contribution >= 4 is 17.3 Å². The molecule has 2 rings (SSSR count). The van der Waals surface area contributed by atoms with Gasteiger partial charge in [0.15, 0.2) is 5.06 Å². The molecule has 2 N–H and O–H groups in total. The Kier molecular flexibility index (Phi) is 9.96. The van der Waals surface area contributed by atoms with Crippen LogP contribution in [0.25, 0.3) is 0 Å². The molecule has 0 aliphatic rings. The van der Waals surface area contributed by atoms with E-state index >= 15 is 0 Å². The number of rotatable bonds is 2. The zero-order valence-electron chi connectivity index (χ0n) is 12.0. The third-order valence-corrected chi connectivity index (χ3v) is 3.04. The van der Waals surface area contributed by atoms with Gasteiger partial charge in [-0.15, -0.1) is 0 Å². The van der Waals surface area contributed by atoms with Crippen LogP contribution in [0.4, 0.5) is 0 Å².